The Kier molecular flexibility index (Phi) is 7.76. The highest BCUT2D eigenvalue weighted by molar-refractivity contribution is 5.81. The highest BCUT2D eigenvalue weighted by atomic mass is 16.6. The van der Waals surface area contributed by atoms with Gasteiger partial charge in [0.15, 0.2) is 11.5 Å². The van der Waals surface area contributed by atoms with Crippen LogP contribution < -0.4 is 5.73 Å². The number of hydrogen-bond acceptors (Lipinski definition) is 9. The van der Waals surface area contributed by atoms with Gasteiger partial charge >= 0.3 is 6.09 Å². The Hall–Kier alpha value is -4.84. The SMILES string of the molecule is CC(C)(C)OC(=O)N1CCN(C(c2ccccc2)C(c2ccccc2)n2cc(Cn3cnc4c(N)ncnc43)nn2)CC1. The molecule has 0 spiro atoms. The van der Waals surface area contributed by atoms with Gasteiger partial charge in [0, 0.05) is 26.2 Å². The van der Waals surface area contributed by atoms with Crippen LogP contribution in [-0.2, 0) is 11.3 Å². The van der Waals surface area contributed by atoms with E-state index >= 15 is 0 Å². The number of ether oxygens (including phenoxy) is 1. The first kappa shape index (κ1) is 28.3. The largest absolute Gasteiger partial charge is 0.444 e. The van der Waals surface area contributed by atoms with Crippen molar-refractivity contribution in [3.05, 3.63) is 96.3 Å². The average molecular weight is 581 g/mol. The fraction of sp³-hybridized carbons (Fsp3) is 0.355. The van der Waals surface area contributed by atoms with E-state index in [1.54, 1.807) is 11.2 Å². The monoisotopic (exact) mass is 580 g/mol. The number of amides is 1. The van der Waals surface area contributed by atoms with E-state index in [2.05, 4.69) is 66.6 Å². The molecule has 0 saturated carbocycles. The number of rotatable bonds is 7. The molecular formula is C31H36N10O2. The zero-order chi connectivity index (χ0) is 30.0. The average Bonchev–Trinajstić information content (AvgIpc) is 3.64. The summed E-state index contributed by atoms with van der Waals surface area (Å²) in [6.07, 6.45) is 4.84. The normalized spacial score (nSPS) is 15.8. The number of carbonyl (C=O) groups is 1. The maximum atomic E-state index is 12.8. The van der Waals surface area contributed by atoms with E-state index in [1.165, 1.54) is 6.33 Å². The van der Waals surface area contributed by atoms with E-state index < -0.39 is 5.60 Å². The second kappa shape index (κ2) is 11.8. The first-order chi connectivity index (χ1) is 20.8. The summed E-state index contributed by atoms with van der Waals surface area (Å²) >= 11 is 0. The van der Waals surface area contributed by atoms with E-state index in [4.69, 9.17) is 10.5 Å². The Morgan fingerprint density at radius 2 is 1.56 bits per heavy atom. The van der Waals surface area contributed by atoms with Gasteiger partial charge in [-0.05, 0) is 31.9 Å². The Balaban J connectivity index is 1.32. The number of nitrogens with two attached hydrogens (primary N) is 1. The number of nitrogens with zero attached hydrogens (tertiary/aromatic N) is 9. The minimum Gasteiger partial charge on any atom is -0.444 e. The Labute approximate surface area is 250 Å². The fourth-order valence-corrected chi connectivity index (χ4v) is 5.59. The van der Waals surface area contributed by atoms with E-state index in [-0.39, 0.29) is 18.2 Å². The van der Waals surface area contributed by atoms with Crippen LogP contribution in [0.5, 0.6) is 0 Å². The summed E-state index contributed by atoms with van der Waals surface area (Å²) in [5.74, 6) is 0.342. The number of benzene rings is 2. The van der Waals surface area contributed by atoms with Crippen LogP contribution in [0.1, 0.15) is 49.7 Å². The third-order valence-electron chi connectivity index (χ3n) is 7.55. The molecule has 2 atom stereocenters. The molecule has 12 nitrogen and oxygen atoms in total. The fourth-order valence-electron chi connectivity index (χ4n) is 5.59. The predicted octanol–water partition coefficient (Wildman–Crippen LogP) is 3.93. The Morgan fingerprint density at radius 3 is 2.21 bits per heavy atom. The third-order valence-corrected chi connectivity index (χ3v) is 7.55. The summed E-state index contributed by atoms with van der Waals surface area (Å²) in [4.78, 5) is 29.8. The zero-order valence-electron chi connectivity index (χ0n) is 24.6. The van der Waals surface area contributed by atoms with Crippen LogP contribution in [0, 0.1) is 0 Å². The molecule has 1 aliphatic heterocycles. The molecule has 1 amide bonds. The maximum absolute atomic E-state index is 12.8. The molecule has 0 aliphatic carbocycles. The first-order valence-electron chi connectivity index (χ1n) is 14.4. The smallest absolute Gasteiger partial charge is 0.410 e. The second-order valence-corrected chi connectivity index (χ2v) is 11.7. The minimum absolute atomic E-state index is 0.0689. The molecule has 43 heavy (non-hydrogen) atoms. The van der Waals surface area contributed by atoms with Crippen LogP contribution in [0.25, 0.3) is 11.2 Å². The molecule has 0 bridgehead atoms. The second-order valence-electron chi connectivity index (χ2n) is 11.7. The van der Waals surface area contributed by atoms with Crippen molar-refractivity contribution in [3.8, 4) is 0 Å². The quantitative estimate of drug-likeness (QED) is 0.304. The summed E-state index contributed by atoms with van der Waals surface area (Å²) in [7, 11) is 0. The van der Waals surface area contributed by atoms with Gasteiger partial charge in [-0.2, -0.15) is 0 Å². The van der Waals surface area contributed by atoms with Gasteiger partial charge in [0.2, 0.25) is 0 Å². The van der Waals surface area contributed by atoms with E-state index in [0.29, 0.717) is 49.7 Å². The van der Waals surface area contributed by atoms with Crippen LogP contribution in [0.15, 0.2) is 79.5 Å². The number of imidazole rings is 1. The van der Waals surface area contributed by atoms with Gasteiger partial charge in [0.1, 0.15) is 23.1 Å². The van der Waals surface area contributed by atoms with Crippen LogP contribution >= 0.6 is 0 Å². The number of nitrogen functional groups attached to an aromatic ring is 1. The molecule has 222 valence electrons. The molecule has 0 radical (unpaired) electrons. The molecule has 2 N–H and O–H groups in total. The molecule has 2 aromatic carbocycles. The summed E-state index contributed by atoms with van der Waals surface area (Å²) < 4.78 is 9.49. The molecule has 1 saturated heterocycles. The van der Waals surface area contributed by atoms with Crippen LogP contribution in [-0.4, -0.2) is 82.2 Å². The number of piperazine rings is 1. The summed E-state index contributed by atoms with van der Waals surface area (Å²) in [5, 5.41) is 9.22. The molecule has 3 aromatic heterocycles. The molecular weight excluding hydrogens is 544 g/mol. The van der Waals surface area contributed by atoms with Gasteiger partial charge in [-0.3, -0.25) is 4.90 Å². The number of hydrogen-bond donors (Lipinski definition) is 1. The van der Waals surface area contributed by atoms with Gasteiger partial charge in [-0.25, -0.2) is 24.4 Å². The lowest BCUT2D eigenvalue weighted by molar-refractivity contribution is 0.00756. The van der Waals surface area contributed by atoms with Crippen molar-refractivity contribution < 1.29 is 9.53 Å². The van der Waals surface area contributed by atoms with Crippen LogP contribution in [0.4, 0.5) is 10.6 Å². The topological polar surface area (TPSA) is 133 Å². The van der Waals surface area contributed by atoms with Crippen molar-refractivity contribution in [2.45, 2.75) is 45.0 Å². The summed E-state index contributed by atoms with van der Waals surface area (Å²) in [6, 6.07) is 20.6. The van der Waals surface area contributed by atoms with Crippen LogP contribution in [0.2, 0.25) is 0 Å². The lowest BCUT2D eigenvalue weighted by Gasteiger charge is -2.42. The summed E-state index contributed by atoms with van der Waals surface area (Å²) in [5.41, 5.74) is 9.69. The molecule has 1 aliphatic rings. The predicted molar refractivity (Wildman–Crippen MR) is 162 cm³/mol. The van der Waals surface area contributed by atoms with Gasteiger partial charge in [-0.1, -0.05) is 65.9 Å². The zero-order valence-corrected chi connectivity index (χ0v) is 24.6. The number of fused-ring (bicyclic) bond motifs is 1. The molecule has 4 heterocycles. The van der Waals surface area contributed by atoms with Crippen molar-refractivity contribution in [3.63, 3.8) is 0 Å². The molecule has 12 heteroatoms. The first-order valence-corrected chi connectivity index (χ1v) is 14.4. The van der Waals surface area contributed by atoms with Crippen molar-refractivity contribution in [2.24, 2.45) is 0 Å². The van der Waals surface area contributed by atoms with E-state index in [0.717, 1.165) is 16.8 Å². The highest BCUT2D eigenvalue weighted by Crippen LogP contribution is 2.37. The maximum Gasteiger partial charge on any atom is 0.410 e. The number of anilines is 1. The van der Waals surface area contributed by atoms with Gasteiger partial charge in [0.05, 0.1) is 31.2 Å². The van der Waals surface area contributed by atoms with Gasteiger partial charge < -0.3 is 19.9 Å². The highest BCUT2D eigenvalue weighted by Gasteiger charge is 2.36. The standard InChI is InChI=1S/C31H36N10O2/c1-31(2,3)43-30(42)39-16-14-38(15-17-39)26(22-10-6-4-7-11-22)27(23-12-8-5-9-13-23)41-19-24(36-37-41)18-40-21-35-25-28(32)33-20-34-29(25)40/h4-13,19-21,26-27H,14-18H2,1-3H3,(H2,32,33,34). The van der Waals surface area contributed by atoms with Crippen LogP contribution in [0.3, 0.4) is 0 Å². The van der Waals surface area contributed by atoms with E-state index in [9.17, 15) is 4.79 Å². The molecule has 5 aromatic rings. The lowest BCUT2D eigenvalue weighted by atomic mass is 9.91. The van der Waals surface area contributed by atoms with Crippen molar-refractivity contribution >= 4 is 23.1 Å². The minimum atomic E-state index is -0.535. The number of aromatic nitrogens is 7. The molecule has 1 fully saturated rings. The number of carbonyl (C=O) groups excluding carboxylic acids is 1. The summed E-state index contributed by atoms with van der Waals surface area (Å²) in [6.45, 7) is 8.62. The lowest BCUT2D eigenvalue weighted by Crippen LogP contribution is -2.52. The van der Waals surface area contributed by atoms with Crippen molar-refractivity contribution in [1.82, 2.24) is 44.3 Å². The van der Waals surface area contributed by atoms with E-state index in [1.807, 2.05) is 60.5 Å². The molecule has 2 unspecified atom stereocenters. The van der Waals surface area contributed by atoms with Crippen molar-refractivity contribution in [1.29, 1.82) is 0 Å². The third kappa shape index (κ3) is 6.19. The van der Waals surface area contributed by atoms with Gasteiger partial charge in [0.25, 0.3) is 0 Å². The Morgan fingerprint density at radius 1 is 0.907 bits per heavy atom. The Bertz CT molecular complexity index is 1670. The van der Waals surface area contributed by atoms with Crippen molar-refractivity contribution in [2.75, 3.05) is 31.9 Å². The molecule has 6 rings (SSSR count). The van der Waals surface area contributed by atoms with Gasteiger partial charge in [-0.15, -0.1) is 5.10 Å².